The highest BCUT2D eigenvalue weighted by atomic mass is 16.4. The monoisotopic (exact) mass is 264 g/mol. The fourth-order valence-corrected chi connectivity index (χ4v) is 1.79. The molecule has 8 nitrogen and oxygen atoms in total. The Kier molecular flexibility index (Phi) is 3.59. The first-order valence-electron chi connectivity index (χ1n) is 6.16. The maximum atomic E-state index is 11.1. The Morgan fingerprint density at radius 1 is 1.47 bits per heavy atom. The maximum absolute atomic E-state index is 11.1. The molecule has 0 spiro atoms. The fraction of sp³-hybridized carbons (Fsp3) is 0.545. The van der Waals surface area contributed by atoms with E-state index in [2.05, 4.69) is 20.6 Å². The average molecular weight is 264 g/mol. The smallest absolute Gasteiger partial charge is 0.328 e. The number of nitrogens with zero attached hydrogens (tertiary/aromatic N) is 6. The minimum Gasteiger partial charge on any atom is -0.480 e. The van der Waals surface area contributed by atoms with E-state index < -0.39 is 12.0 Å². The highest BCUT2D eigenvalue weighted by molar-refractivity contribution is 5.72. The number of aryl methyl sites for hydroxylation is 2. The largest absolute Gasteiger partial charge is 0.480 e. The molecule has 0 amide bonds. The first-order valence-corrected chi connectivity index (χ1v) is 6.16. The normalized spacial score (nSPS) is 12.6. The van der Waals surface area contributed by atoms with Gasteiger partial charge in [-0.2, -0.15) is 5.10 Å². The van der Waals surface area contributed by atoms with E-state index in [9.17, 15) is 4.79 Å². The second-order valence-corrected chi connectivity index (χ2v) is 4.15. The van der Waals surface area contributed by atoms with Crippen molar-refractivity contribution in [2.24, 2.45) is 0 Å². The summed E-state index contributed by atoms with van der Waals surface area (Å²) in [5.41, 5.74) is 1.66. The number of carbonyl (C=O) groups is 1. The van der Waals surface area contributed by atoms with Gasteiger partial charge in [-0.15, -0.1) is 5.10 Å². The predicted octanol–water partition coefficient (Wildman–Crippen LogP) is 0.764. The van der Waals surface area contributed by atoms with Crippen LogP contribution in [0, 0.1) is 0 Å². The van der Waals surface area contributed by atoms with Crippen molar-refractivity contribution in [3.63, 3.8) is 0 Å². The summed E-state index contributed by atoms with van der Waals surface area (Å²) >= 11 is 0. The molecule has 1 N–H and O–H groups in total. The lowest BCUT2D eigenvalue weighted by atomic mass is 10.3. The minimum atomic E-state index is -0.980. The van der Waals surface area contributed by atoms with Crippen molar-refractivity contribution in [1.82, 2.24) is 30.0 Å². The van der Waals surface area contributed by atoms with E-state index >= 15 is 0 Å². The molecule has 2 aromatic rings. The second kappa shape index (κ2) is 5.17. The number of carboxylic acid groups (broad SMARTS) is 1. The van der Waals surface area contributed by atoms with Crippen molar-refractivity contribution in [1.29, 1.82) is 0 Å². The third-order valence-electron chi connectivity index (χ3n) is 2.94. The molecule has 102 valence electrons. The summed E-state index contributed by atoms with van der Waals surface area (Å²) in [7, 11) is 0. The van der Waals surface area contributed by atoms with Crippen molar-refractivity contribution in [2.45, 2.75) is 39.8 Å². The summed E-state index contributed by atoms with van der Waals surface area (Å²) in [6, 6.07) is 1.07. The predicted molar refractivity (Wildman–Crippen MR) is 66.4 cm³/mol. The zero-order valence-corrected chi connectivity index (χ0v) is 11.1. The van der Waals surface area contributed by atoms with Gasteiger partial charge in [0.1, 0.15) is 5.69 Å². The van der Waals surface area contributed by atoms with E-state index in [4.69, 9.17) is 5.11 Å². The van der Waals surface area contributed by atoms with Gasteiger partial charge in [0.25, 0.3) is 0 Å². The van der Waals surface area contributed by atoms with Gasteiger partial charge in [-0.3, -0.25) is 4.68 Å². The number of rotatable bonds is 5. The van der Waals surface area contributed by atoms with Gasteiger partial charge in [0.2, 0.25) is 5.82 Å². The van der Waals surface area contributed by atoms with Crippen LogP contribution in [0.15, 0.2) is 6.07 Å². The number of carboxylic acids is 1. The van der Waals surface area contributed by atoms with Gasteiger partial charge in [0.15, 0.2) is 6.04 Å². The first-order chi connectivity index (χ1) is 9.08. The van der Waals surface area contributed by atoms with Crippen LogP contribution in [0.2, 0.25) is 0 Å². The lowest BCUT2D eigenvalue weighted by molar-refractivity contribution is -0.140. The van der Waals surface area contributed by atoms with Crippen LogP contribution in [-0.4, -0.2) is 41.1 Å². The Balaban J connectivity index is 2.50. The SMILES string of the molecule is CCc1cc(-c2nnnn2C(C)C(=O)O)n(CC)n1. The van der Waals surface area contributed by atoms with Crippen LogP contribution in [0.5, 0.6) is 0 Å². The van der Waals surface area contributed by atoms with Crippen molar-refractivity contribution in [3.8, 4) is 11.5 Å². The first kappa shape index (κ1) is 13.2. The van der Waals surface area contributed by atoms with Crippen LogP contribution < -0.4 is 0 Å². The Bertz CT molecular complexity index is 588. The molecule has 0 fully saturated rings. The summed E-state index contributed by atoms with van der Waals surface area (Å²) in [5.74, 6) is -0.559. The third-order valence-corrected chi connectivity index (χ3v) is 2.94. The quantitative estimate of drug-likeness (QED) is 0.856. The molecule has 0 aromatic carbocycles. The molecule has 0 aliphatic rings. The fourth-order valence-electron chi connectivity index (χ4n) is 1.79. The summed E-state index contributed by atoms with van der Waals surface area (Å²) in [4.78, 5) is 11.1. The Labute approximate surface area is 110 Å². The van der Waals surface area contributed by atoms with Crippen LogP contribution in [0.4, 0.5) is 0 Å². The van der Waals surface area contributed by atoms with Gasteiger partial charge < -0.3 is 5.11 Å². The molecular weight excluding hydrogens is 248 g/mol. The molecule has 0 bridgehead atoms. The zero-order valence-electron chi connectivity index (χ0n) is 11.1. The van der Waals surface area contributed by atoms with Crippen LogP contribution in [-0.2, 0) is 17.8 Å². The van der Waals surface area contributed by atoms with E-state index in [1.165, 1.54) is 11.6 Å². The van der Waals surface area contributed by atoms with E-state index in [0.717, 1.165) is 17.8 Å². The second-order valence-electron chi connectivity index (χ2n) is 4.15. The van der Waals surface area contributed by atoms with Gasteiger partial charge in [0, 0.05) is 6.54 Å². The van der Waals surface area contributed by atoms with Crippen molar-refractivity contribution >= 4 is 5.97 Å². The summed E-state index contributed by atoms with van der Waals surface area (Å²) in [6.07, 6.45) is 0.802. The van der Waals surface area contributed by atoms with Gasteiger partial charge in [0.05, 0.1) is 5.69 Å². The van der Waals surface area contributed by atoms with Crippen molar-refractivity contribution in [2.75, 3.05) is 0 Å². The van der Waals surface area contributed by atoms with E-state index in [1.807, 2.05) is 19.9 Å². The van der Waals surface area contributed by atoms with E-state index in [1.54, 1.807) is 4.68 Å². The van der Waals surface area contributed by atoms with Gasteiger partial charge >= 0.3 is 5.97 Å². The van der Waals surface area contributed by atoms with Crippen LogP contribution in [0.25, 0.3) is 11.5 Å². The average Bonchev–Trinajstić information content (AvgIpc) is 3.02. The molecule has 0 saturated heterocycles. The highest BCUT2D eigenvalue weighted by Crippen LogP contribution is 2.20. The van der Waals surface area contributed by atoms with Crippen LogP contribution >= 0.6 is 0 Å². The molecule has 2 aromatic heterocycles. The zero-order chi connectivity index (χ0) is 14.0. The van der Waals surface area contributed by atoms with Gasteiger partial charge in [-0.1, -0.05) is 6.92 Å². The molecule has 0 saturated carbocycles. The highest BCUT2D eigenvalue weighted by Gasteiger charge is 2.22. The molecule has 19 heavy (non-hydrogen) atoms. The number of hydrogen-bond acceptors (Lipinski definition) is 5. The van der Waals surface area contributed by atoms with Crippen molar-refractivity contribution in [3.05, 3.63) is 11.8 Å². The molecular formula is C11H16N6O2. The van der Waals surface area contributed by atoms with Crippen LogP contribution in [0.1, 0.15) is 32.5 Å². The van der Waals surface area contributed by atoms with E-state index in [-0.39, 0.29) is 0 Å². The molecule has 0 aliphatic carbocycles. The Morgan fingerprint density at radius 2 is 2.21 bits per heavy atom. The molecule has 2 heterocycles. The Morgan fingerprint density at radius 3 is 2.79 bits per heavy atom. The molecule has 1 atom stereocenters. The molecule has 0 aliphatic heterocycles. The number of hydrogen-bond donors (Lipinski definition) is 1. The summed E-state index contributed by atoms with van der Waals surface area (Å²) in [5, 5.41) is 24.7. The topological polar surface area (TPSA) is 98.7 Å². The molecule has 0 radical (unpaired) electrons. The Hall–Kier alpha value is -2.25. The maximum Gasteiger partial charge on any atom is 0.328 e. The third kappa shape index (κ3) is 2.33. The number of aromatic nitrogens is 6. The van der Waals surface area contributed by atoms with Crippen LogP contribution in [0.3, 0.4) is 0 Å². The standard InChI is InChI=1S/C11H16N6O2/c1-4-8-6-9(16(5-2)13-8)10-12-14-15-17(10)7(3)11(18)19/h6-7H,4-5H2,1-3H3,(H,18,19). The summed E-state index contributed by atoms with van der Waals surface area (Å²) < 4.78 is 3.07. The van der Waals surface area contributed by atoms with Gasteiger partial charge in [-0.05, 0) is 36.8 Å². The summed E-state index contributed by atoms with van der Waals surface area (Å²) in [6.45, 7) is 6.18. The molecule has 2 rings (SSSR count). The molecule has 8 heteroatoms. The number of tetrazole rings is 1. The molecule has 1 unspecified atom stereocenters. The van der Waals surface area contributed by atoms with E-state index in [0.29, 0.717) is 12.4 Å². The van der Waals surface area contributed by atoms with Crippen molar-refractivity contribution < 1.29 is 9.90 Å². The number of aliphatic carboxylic acids is 1. The lowest BCUT2D eigenvalue weighted by Crippen LogP contribution is -2.18. The lowest BCUT2D eigenvalue weighted by Gasteiger charge is -2.09. The van der Waals surface area contributed by atoms with Gasteiger partial charge in [-0.25, -0.2) is 9.48 Å². The minimum absolute atomic E-state index is 0.420.